The zero-order valence-electron chi connectivity index (χ0n) is 11.4. The predicted octanol–water partition coefficient (Wildman–Crippen LogP) is 2.02. The molecule has 0 saturated carbocycles. The van der Waals surface area contributed by atoms with Crippen molar-refractivity contribution < 1.29 is 4.74 Å². The largest absolute Gasteiger partial charge is 0.497 e. The van der Waals surface area contributed by atoms with E-state index in [0.717, 1.165) is 22.4 Å². The van der Waals surface area contributed by atoms with Gasteiger partial charge in [0.25, 0.3) is 0 Å². The van der Waals surface area contributed by atoms with E-state index < -0.39 is 0 Å². The summed E-state index contributed by atoms with van der Waals surface area (Å²) in [6.07, 6.45) is 1.59. The molecule has 0 aliphatic carbocycles. The molecular weight excluding hydrogens is 268 g/mol. The zero-order chi connectivity index (χ0) is 14.8. The number of hydrogen-bond acceptors (Lipinski definition) is 4. The minimum atomic E-state index is -0.179. The van der Waals surface area contributed by atoms with Gasteiger partial charge in [-0.05, 0) is 23.8 Å². The van der Waals surface area contributed by atoms with E-state index in [-0.39, 0.29) is 5.56 Å². The molecule has 4 N–H and O–H groups in total. The molecule has 21 heavy (non-hydrogen) atoms. The number of H-pyrrole nitrogens is 2. The van der Waals surface area contributed by atoms with Crippen LogP contribution in [0, 0.1) is 0 Å². The fourth-order valence-corrected chi connectivity index (χ4v) is 2.21. The number of nitrogens with zero attached hydrogens (tertiary/aromatic N) is 1. The van der Waals surface area contributed by atoms with Crippen molar-refractivity contribution in [3.05, 3.63) is 52.9 Å². The molecule has 0 aliphatic rings. The van der Waals surface area contributed by atoms with Crippen molar-refractivity contribution >= 4 is 5.82 Å². The minimum absolute atomic E-state index is 0.179. The quantitative estimate of drug-likeness (QED) is 0.684. The van der Waals surface area contributed by atoms with Crippen molar-refractivity contribution in [3.63, 3.8) is 0 Å². The average Bonchev–Trinajstić information content (AvgIpc) is 2.89. The van der Waals surface area contributed by atoms with Crippen LogP contribution in [0.4, 0.5) is 5.82 Å². The first-order valence-electron chi connectivity index (χ1n) is 6.36. The Kier molecular flexibility index (Phi) is 3.19. The summed E-state index contributed by atoms with van der Waals surface area (Å²) in [5, 5.41) is 6.94. The summed E-state index contributed by atoms with van der Waals surface area (Å²) in [5.74, 6) is 1.15. The van der Waals surface area contributed by atoms with Gasteiger partial charge in [0.2, 0.25) is 5.56 Å². The third-order valence-corrected chi connectivity index (χ3v) is 3.24. The van der Waals surface area contributed by atoms with Crippen molar-refractivity contribution in [2.75, 3.05) is 12.8 Å². The molecule has 0 saturated heterocycles. The maximum atomic E-state index is 11.5. The molecule has 3 aromatic rings. The first-order chi connectivity index (χ1) is 10.2. The van der Waals surface area contributed by atoms with Crippen LogP contribution in [-0.4, -0.2) is 22.3 Å². The number of nitrogen functional groups attached to an aromatic ring is 1. The summed E-state index contributed by atoms with van der Waals surface area (Å²) >= 11 is 0. The van der Waals surface area contributed by atoms with Crippen molar-refractivity contribution in [2.45, 2.75) is 0 Å². The molecule has 0 bridgehead atoms. The second-order valence-electron chi connectivity index (χ2n) is 4.53. The van der Waals surface area contributed by atoms with E-state index in [2.05, 4.69) is 15.2 Å². The molecule has 6 heteroatoms. The van der Waals surface area contributed by atoms with Crippen LogP contribution in [0.25, 0.3) is 22.4 Å². The highest BCUT2D eigenvalue weighted by Crippen LogP contribution is 2.34. The number of nitrogens with one attached hydrogen (secondary N) is 2. The van der Waals surface area contributed by atoms with Crippen LogP contribution in [0.1, 0.15) is 0 Å². The van der Waals surface area contributed by atoms with E-state index in [0.29, 0.717) is 11.5 Å². The fourth-order valence-electron chi connectivity index (χ4n) is 2.21. The van der Waals surface area contributed by atoms with Crippen molar-refractivity contribution in [3.8, 4) is 28.1 Å². The molecule has 0 fully saturated rings. The fraction of sp³-hybridized carbons (Fsp3) is 0.0667. The molecule has 0 aliphatic heterocycles. The first kappa shape index (κ1) is 13.0. The maximum absolute atomic E-state index is 11.5. The number of aromatic amines is 2. The summed E-state index contributed by atoms with van der Waals surface area (Å²) in [6, 6.07) is 10.8. The second kappa shape index (κ2) is 5.16. The maximum Gasteiger partial charge on any atom is 0.248 e. The average molecular weight is 282 g/mol. The van der Waals surface area contributed by atoms with Gasteiger partial charge < -0.3 is 15.5 Å². The van der Waals surface area contributed by atoms with Crippen LogP contribution in [0.2, 0.25) is 0 Å². The number of methoxy groups -OCH3 is 1. The molecule has 6 nitrogen and oxygen atoms in total. The van der Waals surface area contributed by atoms with Gasteiger partial charge in [0.05, 0.1) is 18.4 Å². The van der Waals surface area contributed by atoms with Crippen LogP contribution in [0.15, 0.2) is 47.4 Å². The standard InChI is InChI=1S/C15H14N4O2/c1-21-11-4-2-9(3-5-11)13-14(18-19-15(13)16)10-6-7-17-12(20)8-10/h2-8H,1H3,(H,17,20)(H3,16,18,19). The molecule has 1 aromatic carbocycles. The van der Waals surface area contributed by atoms with Gasteiger partial charge in [-0.25, -0.2) is 0 Å². The Bertz CT molecular complexity index is 818. The molecule has 106 valence electrons. The van der Waals surface area contributed by atoms with E-state index in [1.165, 1.54) is 6.07 Å². The van der Waals surface area contributed by atoms with Gasteiger partial charge in [-0.1, -0.05) is 12.1 Å². The Hall–Kier alpha value is -3.02. The normalized spacial score (nSPS) is 10.5. The van der Waals surface area contributed by atoms with Crippen molar-refractivity contribution in [1.82, 2.24) is 15.2 Å². The summed E-state index contributed by atoms with van der Waals surface area (Å²) in [5.41, 5.74) is 8.89. The second-order valence-corrected chi connectivity index (χ2v) is 4.53. The predicted molar refractivity (Wildman–Crippen MR) is 81.0 cm³/mol. The van der Waals surface area contributed by atoms with E-state index in [1.807, 2.05) is 24.3 Å². The highest BCUT2D eigenvalue weighted by molar-refractivity contribution is 5.87. The number of benzene rings is 1. The molecule has 3 rings (SSSR count). The SMILES string of the molecule is COc1ccc(-c2c(N)n[nH]c2-c2cc[nH]c(=O)c2)cc1. The van der Waals surface area contributed by atoms with E-state index in [9.17, 15) is 4.79 Å². The highest BCUT2D eigenvalue weighted by Gasteiger charge is 2.15. The van der Waals surface area contributed by atoms with Gasteiger partial charge in [-0.15, -0.1) is 0 Å². The number of hydrogen-bond donors (Lipinski definition) is 3. The summed E-state index contributed by atoms with van der Waals surface area (Å²) in [6.45, 7) is 0. The molecule has 0 unspecified atom stereocenters. The Labute approximate surface area is 120 Å². The van der Waals surface area contributed by atoms with Crippen LogP contribution < -0.4 is 16.0 Å². The molecule has 0 atom stereocenters. The first-order valence-corrected chi connectivity index (χ1v) is 6.36. The van der Waals surface area contributed by atoms with Crippen molar-refractivity contribution in [2.24, 2.45) is 0 Å². The lowest BCUT2D eigenvalue weighted by atomic mass is 10.0. The van der Waals surface area contributed by atoms with E-state index in [4.69, 9.17) is 10.5 Å². The lowest BCUT2D eigenvalue weighted by Crippen LogP contribution is -2.02. The number of aromatic nitrogens is 3. The Balaban J connectivity index is 2.14. The van der Waals surface area contributed by atoms with Gasteiger partial charge in [0.1, 0.15) is 5.75 Å². The smallest absolute Gasteiger partial charge is 0.248 e. The number of anilines is 1. The molecule has 0 radical (unpaired) electrons. The number of ether oxygens (including phenoxy) is 1. The van der Waals surface area contributed by atoms with Gasteiger partial charge in [0, 0.05) is 17.8 Å². The molecule has 2 aromatic heterocycles. The Morgan fingerprint density at radius 3 is 2.57 bits per heavy atom. The molecule has 0 spiro atoms. The van der Waals surface area contributed by atoms with Crippen LogP contribution >= 0.6 is 0 Å². The third-order valence-electron chi connectivity index (χ3n) is 3.24. The van der Waals surface area contributed by atoms with Gasteiger partial charge in [-0.2, -0.15) is 5.10 Å². The molecule has 0 amide bonds. The Morgan fingerprint density at radius 2 is 1.90 bits per heavy atom. The topological polar surface area (TPSA) is 96.8 Å². The summed E-state index contributed by atoms with van der Waals surface area (Å²) in [4.78, 5) is 14.0. The minimum Gasteiger partial charge on any atom is -0.497 e. The lowest BCUT2D eigenvalue weighted by Gasteiger charge is -2.06. The van der Waals surface area contributed by atoms with E-state index >= 15 is 0 Å². The number of rotatable bonds is 3. The summed E-state index contributed by atoms with van der Waals surface area (Å²) < 4.78 is 5.15. The van der Waals surface area contributed by atoms with Crippen molar-refractivity contribution in [1.29, 1.82) is 0 Å². The zero-order valence-corrected chi connectivity index (χ0v) is 11.4. The van der Waals surface area contributed by atoms with E-state index in [1.54, 1.807) is 19.4 Å². The Morgan fingerprint density at radius 1 is 1.14 bits per heavy atom. The van der Waals surface area contributed by atoms with Gasteiger partial charge >= 0.3 is 0 Å². The van der Waals surface area contributed by atoms with Crippen LogP contribution in [-0.2, 0) is 0 Å². The monoisotopic (exact) mass is 282 g/mol. The number of pyridine rings is 1. The molecule has 2 heterocycles. The van der Waals surface area contributed by atoms with Gasteiger partial charge in [0.15, 0.2) is 5.82 Å². The third kappa shape index (κ3) is 2.38. The van der Waals surface area contributed by atoms with Gasteiger partial charge in [-0.3, -0.25) is 9.89 Å². The molecular formula is C15H14N4O2. The summed E-state index contributed by atoms with van der Waals surface area (Å²) in [7, 11) is 1.61. The van der Waals surface area contributed by atoms with Crippen LogP contribution in [0.3, 0.4) is 0 Å². The highest BCUT2D eigenvalue weighted by atomic mass is 16.5. The number of nitrogens with two attached hydrogens (primary N) is 1. The lowest BCUT2D eigenvalue weighted by molar-refractivity contribution is 0.415. The van der Waals surface area contributed by atoms with Crippen LogP contribution in [0.5, 0.6) is 5.75 Å².